The van der Waals surface area contributed by atoms with Crippen molar-refractivity contribution in [2.24, 2.45) is 20.5 Å². The number of hydrogen-bond acceptors (Lipinski definition) is 18. The molecule has 22 nitrogen and oxygen atoms in total. The lowest BCUT2D eigenvalue weighted by molar-refractivity contribution is 0.284. The van der Waals surface area contributed by atoms with E-state index < -0.39 is 105 Å². The summed E-state index contributed by atoms with van der Waals surface area (Å²) in [6.45, 7) is -1.07. The van der Waals surface area contributed by atoms with E-state index in [0.717, 1.165) is 37.4 Å². The van der Waals surface area contributed by atoms with Gasteiger partial charge in [-0.3, -0.25) is 18.2 Å². The second-order valence-corrected chi connectivity index (χ2v) is 18.7. The number of phenols is 1. The molecule has 0 atom stereocenters. The number of rotatable bonds is 14. The molecular formula is C30H27N5O17S5. The topological polar surface area (TPSA) is 352 Å². The van der Waals surface area contributed by atoms with E-state index in [1.54, 1.807) is 0 Å². The molecule has 5 aromatic rings. The zero-order chi connectivity index (χ0) is 42.3. The number of methoxy groups -OCH3 is 1. The van der Waals surface area contributed by atoms with Crippen molar-refractivity contribution in [3.05, 3.63) is 66.7 Å². The average molecular weight is 890 g/mol. The highest BCUT2D eigenvalue weighted by Gasteiger charge is 2.28. The van der Waals surface area contributed by atoms with Crippen molar-refractivity contribution in [3.63, 3.8) is 0 Å². The van der Waals surface area contributed by atoms with Gasteiger partial charge in [0.25, 0.3) is 30.4 Å². The maximum Gasteiger partial charge on any atom is 0.397 e. The van der Waals surface area contributed by atoms with Crippen LogP contribution in [0.2, 0.25) is 0 Å². The van der Waals surface area contributed by atoms with Crippen molar-refractivity contribution in [2.45, 2.75) is 19.6 Å². The van der Waals surface area contributed by atoms with Gasteiger partial charge in [0.05, 0.1) is 30.1 Å². The Morgan fingerprint density at radius 1 is 0.649 bits per heavy atom. The van der Waals surface area contributed by atoms with Crippen molar-refractivity contribution >= 4 is 101 Å². The number of nitrogens with one attached hydrogen (secondary N) is 1. The third-order valence-electron chi connectivity index (χ3n) is 7.82. The van der Waals surface area contributed by atoms with Gasteiger partial charge in [0.1, 0.15) is 37.4 Å². The van der Waals surface area contributed by atoms with Gasteiger partial charge in [-0.2, -0.15) is 33.7 Å². The predicted molar refractivity (Wildman–Crippen MR) is 199 cm³/mol. The Hall–Kier alpha value is -5.23. The second kappa shape index (κ2) is 15.6. The number of benzene rings is 5. The molecular weight excluding hydrogens is 863 g/mol. The van der Waals surface area contributed by atoms with Crippen LogP contribution in [0.3, 0.4) is 0 Å². The van der Waals surface area contributed by atoms with Gasteiger partial charge in [0.15, 0.2) is 21.3 Å². The summed E-state index contributed by atoms with van der Waals surface area (Å²) in [4.78, 5) is -3.44. The number of sulfone groups is 1. The molecule has 0 aliphatic heterocycles. The summed E-state index contributed by atoms with van der Waals surface area (Å²) in [5.41, 5.74) is -1.42. The first kappa shape index (κ1) is 42.9. The first-order valence-electron chi connectivity index (χ1n) is 15.2. The van der Waals surface area contributed by atoms with Crippen LogP contribution in [0.1, 0.15) is 0 Å². The van der Waals surface area contributed by atoms with Gasteiger partial charge in [0.2, 0.25) is 0 Å². The Labute approximate surface area is 323 Å². The summed E-state index contributed by atoms with van der Waals surface area (Å²) in [7, 11) is -22.3. The molecule has 27 heteroatoms. The van der Waals surface area contributed by atoms with Crippen LogP contribution in [0.5, 0.6) is 11.5 Å². The van der Waals surface area contributed by atoms with E-state index >= 15 is 0 Å². The molecule has 0 saturated heterocycles. The number of phenolic OH excluding ortho intramolecular Hbond substituents is 1. The second-order valence-electron chi connectivity index (χ2n) is 11.4. The minimum Gasteiger partial charge on any atom is -0.505 e. The highest BCUT2D eigenvalue weighted by molar-refractivity contribution is 7.91. The molecule has 0 aliphatic carbocycles. The summed E-state index contributed by atoms with van der Waals surface area (Å²) in [6, 6.07) is 12.2. The molecule has 0 saturated carbocycles. The molecule has 0 radical (unpaired) electrons. The fourth-order valence-electron chi connectivity index (χ4n) is 5.37. The largest absolute Gasteiger partial charge is 0.505 e. The van der Waals surface area contributed by atoms with Gasteiger partial charge in [-0.05, 0) is 53.9 Å². The quantitative estimate of drug-likeness (QED) is 0.0636. The van der Waals surface area contributed by atoms with E-state index in [-0.39, 0.29) is 39.0 Å². The molecule has 0 heterocycles. The first-order chi connectivity index (χ1) is 26.4. The van der Waals surface area contributed by atoms with Crippen LogP contribution in [0.4, 0.5) is 28.4 Å². The molecule has 5 aromatic carbocycles. The van der Waals surface area contributed by atoms with E-state index in [2.05, 4.69) is 30.0 Å². The van der Waals surface area contributed by atoms with Crippen molar-refractivity contribution in [3.8, 4) is 11.5 Å². The third kappa shape index (κ3) is 9.33. The number of hydrogen-bond donors (Lipinski definition) is 6. The van der Waals surface area contributed by atoms with Gasteiger partial charge in [-0.1, -0.05) is 18.2 Å². The fourth-order valence-corrected chi connectivity index (χ4v) is 9.00. The van der Waals surface area contributed by atoms with E-state index in [1.807, 2.05) is 0 Å². The standard InChI is InChI=1S/C30H27N5O17S5/c1-31-21-10-8-18-19(27(21)34-32-20-5-3-4-6-23(20)54(39,40)41)15-25(56(45,46)47)28(30(18)51-2)35-33-22-9-7-16-13-17(53(37,38)12-11-52-57(48,49)50)14-24(55(42,43)44)26(16)29(22)36/h3-10,13-15,31,36H,11-12H2,1-2H3,(H,39,40,41)(H,42,43,44)(H,45,46,47)(H,48,49,50)/b34-32+,35-33+. The zero-order valence-electron chi connectivity index (χ0n) is 28.7. The van der Waals surface area contributed by atoms with Crippen molar-refractivity contribution < 1.29 is 74.3 Å². The minimum absolute atomic E-state index is 0.0555. The van der Waals surface area contributed by atoms with E-state index in [0.29, 0.717) is 6.07 Å². The fraction of sp³-hybridized carbons (Fsp3) is 0.133. The van der Waals surface area contributed by atoms with Crippen molar-refractivity contribution in [2.75, 3.05) is 31.8 Å². The van der Waals surface area contributed by atoms with Crippen molar-refractivity contribution in [1.29, 1.82) is 0 Å². The number of azo groups is 2. The predicted octanol–water partition coefficient (Wildman–Crippen LogP) is 4.91. The molecule has 0 amide bonds. The Morgan fingerprint density at radius 2 is 1.26 bits per heavy atom. The van der Waals surface area contributed by atoms with Crippen LogP contribution in [0.15, 0.2) is 107 Å². The monoisotopic (exact) mass is 889 g/mol. The molecule has 0 aromatic heterocycles. The number of anilines is 1. The van der Waals surface area contributed by atoms with Crippen LogP contribution >= 0.6 is 0 Å². The Bertz CT molecular complexity index is 3100. The van der Waals surface area contributed by atoms with Gasteiger partial charge in [0, 0.05) is 23.2 Å². The molecule has 57 heavy (non-hydrogen) atoms. The van der Waals surface area contributed by atoms with Gasteiger partial charge >= 0.3 is 10.4 Å². The third-order valence-corrected chi connectivity index (χ3v) is 12.6. The Kier molecular flexibility index (Phi) is 11.7. The van der Waals surface area contributed by atoms with E-state index in [1.165, 1.54) is 37.4 Å². The van der Waals surface area contributed by atoms with Crippen LogP contribution in [-0.4, -0.2) is 91.9 Å². The summed E-state index contributed by atoms with van der Waals surface area (Å²) in [5, 5.41) is 28.8. The smallest absolute Gasteiger partial charge is 0.397 e. The van der Waals surface area contributed by atoms with Gasteiger partial charge in [-0.15, -0.1) is 20.5 Å². The van der Waals surface area contributed by atoms with Gasteiger partial charge < -0.3 is 15.2 Å². The van der Waals surface area contributed by atoms with Crippen LogP contribution in [0, 0.1) is 0 Å². The highest BCUT2D eigenvalue weighted by Crippen LogP contribution is 2.48. The van der Waals surface area contributed by atoms with Crippen molar-refractivity contribution in [1.82, 2.24) is 0 Å². The maximum atomic E-state index is 12.9. The molecule has 0 unspecified atom stereocenters. The summed E-state index contributed by atoms with van der Waals surface area (Å²) in [5.74, 6) is -2.44. The summed E-state index contributed by atoms with van der Waals surface area (Å²) in [6.07, 6.45) is 0. The normalized spacial score (nSPS) is 13.2. The van der Waals surface area contributed by atoms with E-state index in [9.17, 15) is 60.9 Å². The SMILES string of the molecule is CNc1ccc2c(OC)c(/N=N/c3ccc4cc(S(=O)(=O)CCOS(=O)(=O)O)cc(S(=O)(=O)O)c4c3O)c(S(=O)(=O)O)cc2c1/N=N/c1ccccc1S(=O)(=O)O. The van der Waals surface area contributed by atoms with Gasteiger partial charge in [-0.25, -0.2) is 12.6 Å². The average Bonchev–Trinajstić information content (AvgIpc) is 3.10. The molecule has 304 valence electrons. The van der Waals surface area contributed by atoms with Crippen LogP contribution in [0.25, 0.3) is 21.5 Å². The van der Waals surface area contributed by atoms with E-state index in [4.69, 9.17) is 9.29 Å². The summed E-state index contributed by atoms with van der Waals surface area (Å²) >= 11 is 0. The number of fused-ring (bicyclic) bond motifs is 2. The number of nitrogens with zero attached hydrogens (tertiary/aromatic N) is 4. The molecule has 0 aliphatic rings. The first-order valence-corrected chi connectivity index (χ1v) is 22.6. The van der Waals surface area contributed by atoms with Crippen LogP contribution < -0.4 is 10.1 Å². The molecule has 0 spiro atoms. The molecule has 5 rings (SSSR count). The molecule has 6 N–H and O–H groups in total. The maximum absolute atomic E-state index is 12.9. The Morgan fingerprint density at radius 3 is 1.86 bits per heavy atom. The zero-order valence-corrected chi connectivity index (χ0v) is 32.8. The highest BCUT2D eigenvalue weighted by atomic mass is 32.3. The lowest BCUT2D eigenvalue weighted by atomic mass is 10.0. The number of ether oxygens (including phenoxy) is 1. The lowest BCUT2D eigenvalue weighted by Crippen LogP contribution is -2.16. The number of aromatic hydroxyl groups is 1. The molecule has 0 fully saturated rings. The minimum atomic E-state index is -5.33. The lowest BCUT2D eigenvalue weighted by Gasteiger charge is -2.15. The van der Waals surface area contributed by atoms with Crippen LogP contribution in [-0.2, 0) is 54.8 Å². The molecule has 0 bridgehead atoms. The Balaban J connectivity index is 1.70. The summed E-state index contributed by atoms with van der Waals surface area (Å²) < 4.78 is 170.